The summed E-state index contributed by atoms with van der Waals surface area (Å²) in [5.74, 6) is 1.60. The fourth-order valence-corrected chi connectivity index (χ4v) is 4.33. The van der Waals surface area contributed by atoms with E-state index in [9.17, 15) is 9.59 Å². The number of benzene rings is 1. The van der Waals surface area contributed by atoms with Crippen LogP contribution in [0.3, 0.4) is 0 Å². The van der Waals surface area contributed by atoms with Gasteiger partial charge in [0.05, 0.1) is 5.52 Å². The fraction of sp³-hybridized carbons (Fsp3) is 0.333. The molecule has 0 bridgehead atoms. The Bertz CT molecular complexity index is 1210. The molecule has 3 aromatic heterocycles. The molecule has 0 saturated carbocycles. The first-order valence-electron chi connectivity index (χ1n) is 9.68. The van der Waals surface area contributed by atoms with Crippen molar-refractivity contribution >= 4 is 33.2 Å². The summed E-state index contributed by atoms with van der Waals surface area (Å²) in [6.45, 7) is 2.72. The van der Waals surface area contributed by atoms with Crippen molar-refractivity contribution in [3.63, 3.8) is 0 Å². The van der Waals surface area contributed by atoms with E-state index in [1.54, 1.807) is 7.05 Å². The predicted octanol–water partition coefficient (Wildman–Crippen LogP) is 2.89. The van der Waals surface area contributed by atoms with Gasteiger partial charge in [-0.05, 0) is 29.3 Å². The average molecular weight is 410 g/mol. The van der Waals surface area contributed by atoms with Crippen molar-refractivity contribution in [3.8, 4) is 0 Å². The molecule has 0 aliphatic carbocycles. The number of fused-ring (bicyclic) bond motifs is 3. The van der Waals surface area contributed by atoms with Gasteiger partial charge in [-0.15, -0.1) is 21.5 Å². The number of aryl methyl sites for hydroxylation is 2. The third-order valence-electron chi connectivity index (χ3n) is 5.18. The van der Waals surface area contributed by atoms with Gasteiger partial charge in [0.15, 0.2) is 0 Å². The van der Waals surface area contributed by atoms with Crippen molar-refractivity contribution in [2.24, 2.45) is 7.05 Å². The lowest BCUT2D eigenvalue weighted by Crippen LogP contribution is -2.27. The summed E-state index contributed by atoms with van der Waals surface area (Å²) in [6.07, 6.45) is 1.71. The second-order valence-corrected chi connectivity index (χ2v) is 8.14. The first-order chi connectivity index (χ1) is 14.1. The molecule has 1 aromatic carbocycles. The third-order valence-corrected chi connectivity index (χ3v) is 6.07. The van der Waals surface area contributed by atoms with E-state index < -0.39 is 0 Å². The summed E-state index contributed by atoms with van der Waals surface area (Å²) in [5.41, 5.74) is 1.98. The molecule has 0 unspecified atom stereocenters. The lowest BCUT2D eigenvalue weighted by Gasteiger charge is -2.13. The summed E-state index contributed by atoms with van der Waals surface area (Å²) in [4.78, 5) is 24.6. The molecule has 4 aromatic rings. The lowest BCUT2D eigenvalue weighted by atomic mass is 10.0. The molecule has 1 amide bonds. The Balaban J connectivity index is 1.38. The summed E-state index contributed by atoms with van der Waals surface area (Å²) in [7, 11) is 1.70. The molecule has 0 radical (unpaired) electrons. The molecule has 29 heavy (non-hydrogen) atoms. The van der Waals surface area contributed by atoms with Gasteiger partial charge in [-0.2, -0.15) is 0 Å². The highest BCUT2D eigenvalue weighted by atomic mass is 32.1. The molecule has 7 nitrogen and oxygen atoms in total. The maximum Gasteiger partial charge on any atom is 0.272 e. The van der Waals surface area contributed by atoms with Crippen molar-refractivity contribution in [3.05, 3.63) is 63.5 Å². The molecule has 0 saturated heterocycles. The van der Waals surface area contributed by atoms with Crippen molar-refractivity contribution in [2.75, 3.05) is 6.54 Å². The van der Waals surface area contributed by atoms with Crippen molar-refractivity contribution in [2.45, 2.75) is 32.1 Å². The Morgan fingerprint density at radius 3 is 2.79 bits per heavy atom. The number of carbonyl (C=O) groups is 1. The average Bonchev–Trinajstić information content (AvgIpc) is 3.38. The zero-order chi connectivity index (χ0) is 20.4. The SMILES string of the molecule is C[C@H](CNC(=O)CCCc1nnc2n(C)c(=O)c3sccc3n12)c1ccccc1. The Hall–Kier alpha value is -3.00. The van der Waals surface area contributed by atoms with Crippen molar-refractivity contribution in [1.82, 2.24) is 24.5 Å². The van der Waals surface area contributed by atoms with E-state index in [0.29, 0.717) is 36.3 Å². The number of amides is 1. The number of hydrogen-bond donors (Lipinski definition) is 1. The zero-order valence-corrected chi connectivity index (χ0v) is 17.3. The van der Waals surface area contributed by atoms with E-state index in [-0.39, 0.29) is 17.4 Å². The Labute approximate surface area is 172 Å². The first-order valence-corrected chi connectivity index (χ1v) is 10.6. The highest BCUT2D eigenvalue weighted by molar-refractivity contribution is 7.17. The van der Waals surface area contributed by atoms with Crippen LogP contribution in [0.2, 0.25) is 0 Å². The highest BCUT2D eigenvalue weighted by Crippen LogP contribution is 2.20. The highest BCUT2D eigenvalue weighted by Gasteiger charge is 2.16. The van der Waals surface area contributed by atoms with Gasteiger partial charge in [0.25, 0.3) is 5.56 Å². The Morgan fingerprint density at radius 2 is 2.00 bits per heavy atom. The van der Waals surface area contributed by atoms with E-state index in [2.05, 4.69) is 34.6 Å². The van der Waals surface area contributed by atoms with Crippen molar-refractivity contribution < 1.29 is 4.79 Å². The van der Waals surface area contributed by atoms with Gasteiger partial charge in [0.1, 0.15) is 10.5 Å². The molecule has 0 spiro atoms. The number of hydrogen-bond acceptors (Lipinski definition) is 5. The number of aromatic nitrogens is 4. The minimum Gasteiger partial charge on any atom is -0.356 e. The standard InChI is InChI=1S/C21H23N5O2S/c1-14(15-7-4-3-5-8-15)13-22-18(27)10-6-9-17-23-24-21-25(2)20(28)19-16(26(17)21)11-12-29-19/h3-5,7-8,11-12,14H,6,9-10,13H2,1-2H3,(H,22,27)/t14-/m1/s1. The van der Waals surface area contributed by atoms with E-state index in [1.807, 2.05) is 34.0 Å². The third kappa shape index (κ3) is 3.80. The van der Waals surface area contributed by atoms with Crippen LogP contribution in [-0.4, -0.2) is 31.6 Å². The second kappa shape index (κ2) is 8.16. The summed E-state index contributed by atoms with van der Waals surface area (Å²) < 4.78 is 4.13. The van der Waals surface area contributed by atoms with Crippen LogP contribution in [0.25, 0.3) is 16.0 Å². The molecule has 1 N–H and O–H groups in total. The van der Waals surface area contributed by atoms with Crippen LogP contribution >= 0.6 is 11.3 Å². The van der Waals surface area contributed by atoms with Crippen LogP contribution in [0.5, 0.6) is 0 Å². The summed E-state index contributed by atoms with van der Waals surface area (Å²) >= 11 is 1.42. The minimum absolute atomic E-state index is 0.0367. The molecule has 0 aliphatic heterocycles. The molecule has 4 rings (SSSR count). The van der Waals surface area contributed by atoms with E-state index in [0.717, 1.165) is 11.3 Å². The topological polar surface area (TPSA) is 81.3 Å². The maximum absolute atomic E-state index is 12.4. The van der Waals surface area contributed by atoms with Crippen LogP contribution in [0.15, 0.2) is 46.6 Å². The molecule has 0 fully saturated rings. The van der Waals surface area contributed by atoms with E-state index >= 15 is 0 Å². The molecule has 0 aliphatic rings. The molecular weight excluding hydrogens is 386 g/mol. The van der Waals surface area contributed by atoms with Gasteiger partial charge in [-0.25, -0.2) is 0 Å². The van der Waals surface area contributed by atoms with E-state index in [4.69, 9.17) is 0 Å². The largest absolute Gasteiger partial charge is 0.356 e. The van der Waals surface area contributed by atoms with Crippen LogP contribution in [0, 0.1) is 0 Å². The quantitative estimate of drug-likeness (QED) is 0.509. The Morgan fingerprint density at radius 1 is 1.21 bits per heavy atom. The summed E-state index contributed by atoms with van der Waals surface area (Å²) in [6, 6.07) is 12.1. The van der Waals surface area contributed by atoms with Gasteiger partial charge < -0.3 is 5.32 Å². The number of rotatable bonds is 7. The molecule has 150 valence electrons. The fourth-order valence-electron chi connectivity index (χ4n) is 3.48. The maximum atomic E-state index is 12.4. The zero-order valence-electron chi connectivity index (χ0n) is 16.5. The lowest BCUT2D eigenvalue weighted by molar-refractivity contribution is -0.121. The molecule has 3 heterocycles. The van der Waals surface area contributed by atoms with Crippen LogP contribution in [0.4, 0.5) is 0 Å². The van der Waals surface area contributed by atoms with Gasteiger partial charge in [0.2, 0.25) is 11.7 Å². The predicted molar refractivity (Wildman–Crippen MR) is 114 cm³/mol. The van der Waals surface area contributed by atoms with Crippen LogP contribution in [-0.2, 0) is 18.3 Å². The Kier molecular flexibility index (Phi) is 5.44. The molecule has 1 atom stereocenters. The van der Waals surface area contributed by atoms with Gasteiger partial charge in [0, 0.05) is 26.4 Å². The van der Waals surface area contributed by atoms with Gasteiger partial charge >= 0.3 is 0 Å². The molecule has 8 heteroatoms. The van der Waals surface area contributed by atoms with Crippen molar-refractivity contribution in [1.29, 1.82) is 0 Å². The number of thiophene rings is 1. The monoisotopic (exact) mass is 409 g/mol. The smallest absolute Gasteiger partial charge is 0.272 e. The first kappa shape index (κ1) is 19.3. The number of nitrogens with zero attached hydrogens (tertiary/aromatic N) is 4. The van der Waals surface area contributed by atoms with E-state index in [1.165, 1.54) is 21.5 Å². The number of carbonyl (C=O) groups excluding carboxylic acids is 1. The summed E-state index contributed by atoms with van der Waals surface area (Å²) in [5, 5.41) is 13.4. The van der Waals surface area contributed by atoms with Gasteiger partial charge in [-0.3, -0.25) is 18.6 Å². The van der Waals surface area contributed by atoms with Crippen LogP contribution in [0.1, 0.15) is 37.1 Å². The second-order valence-electron chi connectivity index (χ2n) is 7.22. The molecular formula is C21H23N5O2S. The van der Waals surface area contributed by atoms with Crippen LogP contribution < -0.4 is 10.9 Å². The number of nitrogens with one attached hydrogen (secondary N) is 1. The normalized spacial score (nSPS) is 12.5. The van der Waals surface area contributed by atoms with Gasteiger partial charge in [-0.1, -0.05) is 37.3 Å². The minimum atomic E-state index is -0.0617.